The average molecular weight is 489 g/mol. The van der Waals surface area contributed by atoms with Crippen molar-refractivity contribution in [1.29, 1.82) is 0 Å². The molecule has 1 aliphatic carbocycles. The van der Waals surface area contributed by atoms with Gasteiger partial charge in [0.2, 0.25) is 0 Å². The van der Waals surface area contributed by atoms with Crippen LogP contribution >= 0.6 is 0 Å². The number of ether oxygens (including phenoxy) is 1. The molecule has 7 heteroatoms. The van der Waals surface area contributed by atoms with Gasteiger partial charge in [0.05, 0.1) is 16.8 Å². The minimum absolute atomic E-state index is 0.101. The minimum Gasteiger partial charge on any atom is -0.452 e. The van der Waals surface area contributed by atoms with E-state index in [-0.39, 0.29) is 45.3 Å². The molecule has 180 valence electrons. The van der Waals surface area contributed by atoms with Crippen LogP contribution in [0.3, 0.4) is 0 Å². The summed E-state index contributed by atoms with van der Waals surface area (Å²) in [7, 11) is 0. The molecule has 0 aromatic heterocycles. The van der Waals surface area contributed by atoms with Crippen molar-refractivity contribution in [2.24, 2.45) is 0 Å². The number of anilines is 1. The molecule has 0 aliphatic heterocycles. The van der Waals surface area contributed by atoms with Gasteiger partial charge in [0, 0.05) is 27.8 Å². The number of carbonyl (C=O) groups is 5. The number of esters is 1. The molecule has 1 N–H and O–H groups in total. The summed E-state index contributed by atoms with van der Waals surface area (Å²) in [5.41, 5.74) is 2.16. The van der Waals surface area contributed by atoms with Crippen molar-refractivity contribution in [3.63, 3.8) is 0 Å². The van der Waals surface area contributed by atoms with Crippen molar-refractivity contribution >= 4 is 34.9 Å². The van der Waals surface area contributed by atoms with Crippen LogP contribution in [0.2, 0.25) is 0 Å². The first-order valence-corrected chi connectivity index (χ1v) is 11.4. The highest BCUT2D eigenvalue weighted by atomic mass is 16.5. The van der Waals surface area contributed by atoms with Crippen LogP contribution in [0.4, 0.5) is 5.69 Å². The van der Waals surface area contributed by atoms with Gasteiger partial charge in [-0.05, 0) is 18.2 Å². The Labute approximate surface area is 211 Å². The van der Waals surface area contributed by atoms with Gasteiger partial charge in [-0.25, -0.2) is 4.79 Å². The van der Waals surface area contributed by atoms with Crippen LogP contribution in [0.25, 0.3) is 0 Å². The van der Waals surface area contributed by atoms with Crippen LogP contribution < -0.4 is 5.32 Å². The average Bonchev–Trinajstić information content (AvgIpc) is 2.94. The highest BCUT2D eigenvalue weighted by Crippen LogP contribution is 2.31. The standard InChI is InChI=1S/C30H19NO6/c32-25(17-37-30(36)20-15-13-19(14-16-20)27(33)18-7-2-1-3-8-18)31-24-12-6-11-23-26(24)29(35)22-10-5-4-9-21(22)28(23)34/h1-16H,17H2,(H,31,32). The first-order valence-electron chi connectivity index (χ1n) is 11.4. The number of hydrogen-bond acceptors (Lipinski definition) is 6. The molecule has 4 aromatic rings. The predicted octanol–water partition coefficient (Wildman–Crippen LogP) is 4.49. The fraction of sp³-hybridized carbons (Fsp3) is 0.0333. The van der Waals surface area contributed by atoms with E-state index in [0.717, 1.165) is 0 Å². The molecule has 0 saturated heterocycles. The van der Waals surface area contributed by atoms with Gasteiger partial charge in [0.1, 0.15) is 0 Å². The minimum atomic E-state index is -0.746. The summed E-state index contributed by atoms with van der Waals surface area (Å²) in [5, 5.41) is 2.57. The molecule has 4 aromatic carbocycles. The molecule has 0 heterocycles. The maximum absolute atomic E-state index is 13.1. The highest BCUT2D eigenvalue weighted by Gasteiger charge is 2.31. The van der Waals surface area contributed by atoms with Crippen molar-refractivity contribution in [3.8, 4) is 0 Å². The van der Waals surface area contributed by atoms with Gasteiger partial charge in [0.25, 0.3) is 5.91 Å². The Bertz CT molecular complexity index is 1570. The van der Waals surface area contributed by atoms with E-state index in [4.69, 9.17) is 4.74 Å². The van der Waals surface area contributed by atoms with Crippen molar-refractivity contribution < 1.29 is 28.7 Å². The topological polar surface area (TPSA) is 107 Å². The maximum atomic E-state index is 13.1. The third-order valence-corrected chi connectivity index (χ3v) is 5.98. The molecular weight excluding hydrogens is 470 g/mol. The summed E-state index contributed by atoms with van der Waals surface area (Å²) in [6.07, 6.45) is 0. The SMILES string of the molecule is O=C(COC(=O)c1ccc(C(=O)c2ccccc2)cc1)Nc1cccc2c1C(=O)c1ccccc1C2=O. The second kappa shape index (κ2) is 9.83. The smallest absolute Gasteiger partial charge is 0.338 e. The Hall–Kier alpha value is -5.17. The van der Waals surface area contributed by atoms with Crippen molar-refractivity contribution in [1.82, 2.24) is 0 Å². The largest absolute Gasteiger partial charge is 0.452 e. The van der Waals surface area contributed by atoms with Gasteiger partial charge in [0.15, 0.2) is 24.0 Å². The van der Waals surface area contributed by atoms with Crippen LogP contribution in [0, 0.1) is 0 Å². The summed E-state index contributed by atoms with van der Waals surface area (Å²) in [5.74, 6) is -2.27. The van der Waals surface area contributed by atoms with Gasteiger partial charge in [-0.15, -0.1) is 0 Å². The number of nitrogens with one attached hydrogen (secondary N) is 1. The summed E-state index contributed by atoms with van der Waals surface area (Å²) in [6.45, 7) is -0.605. The number of fused-ring (bicyclic) bond motifs is 2. The van der Waals surface area contributed by atoms with Crippen LogP contribution in [-0.4, -0.2) is 35.8 Å². The fourth-order valence-electron chi connectivity index (χ4n) is 4.16. The monoisotopic (exact) mass is 489 g/mol. The van der Waals surface area contributed by atoms with Crippen LogP contribution in [0.15, 0.2) is 97.1 Å². The lowest BCUT2D eigenvalue weighted by molar-refractivity contribution is -0.119. The number of benzene rings is 4. The molecule has 0 fully saturated rings. The molecule has 1 aliphatic rings. The number of rotatable bonds is 6. The molecule has 0 bridgehead atoms. The van der Waals surface area contributed by atoms with Crippen molar-refractivity contribution in [3.05, 3.63) is 136 Å². The summed E-state index contributed by atoms with van der Waals surface area (Å²) in [6, 6.07) is 25.8. The zero-order valence-electron chi connectivity index (χ0n) is 19.4. The van der Waals surface area contributed by atoms with E-state index in [2.05, 4.69) is 5.32 Å². The Balaban J connectivity index is 1.24. The van der Waals surface area contributed by atoms with Crippen LogP contribution in [-0.2, 0) is 9.53 Å². The van der Waals surface area contributed by atoms with Crippen molar-refractivity contribution in [2.75, 3.05) is 11.9 Å². The summed E-state index contributed by atoms with van der Waals surface area (Å²) >= 11 is 0. The van der Waals surface area contributed by atoms with E-state index < -0.39 is 18.5 Å². The number of amides is 1. The van der Waals surface area contributed by atoms with Gasteiger partial charge < -0.3 is 10.1 Å². The third kappa shape index (κ3) is 4.58. The van der Waals surface area contributed by atoms with Gasteiger partial charge >= 0.3 is 5.97 Å². The molecule has 5 rings (SSSR count). The lowest BCUT2D eigenvalue weighted by Crippen LogP contribution is -2.26. The predicted molar refractivity (Wildman–Crippen MR) is 135 cm³/mol. The maximum Gasteiger partial charge on any atom is 0.338 e. The first kappa shape index (κ1) is 23.6. The number of hydrogen-bond donors (Lipinski definition) is 1. The molecule has 0 spiro atoms. The van der Waals surface area contributed by atoms with Crippen molar-refractivity contribution in [2.45, 2.75) is 0 Å². The molecule has 1 amide bonds. The van der Waals surface area contributed by atoms with Gasteiger partial charge in [-0.2, -0.15) is 0 Å². The number of ketones is 3. The van der Waals surface area contributed by atoms with Crippen LogP contribution in [0.1, 0.15) is 58.1 Å². The van der Waals surface area contributed by atoms with Crippen LogP contribution in [0.5, 0.6) is 0 Å². The molecule has 0 unspecified atom stereocenters. The Morgan fingerprint density at radius 1 is 0.595 bits per heavy atom. The summed E-state index contributed by atoms with van der Waals surface area (Å²) in [4.78, 5) is 63.4. The van der Waals surface area contributed by atoms with Gasteiger partial charge in [-0.1, -0.05) is 78.9 Å². The lowest BCUT2D eigenvalue weighted by Gasteiger charge is -2.20. The first-order chi connectivity index (χ1) is 17.9. The Morgan fingerprint density at radius 3 is 1.86 bits per heavy atom. The molecule has 37 heavy (non-hydrogen) atoms. The molecular formula is C30H19NO6. The Kier molecular flexibility index (Phi) is 6.26. The van der Waals surface area contributed by atoms with E-state index in [9.17, 15) is 24.0 Å². The van der Waals surface area contributed by atoms with E-state index in [0.29, 0.717) is 16.7 Å². The van der Waals surface area contributed by atoms with E-state index in [1.165, 1.54) is 36.4 Å². The quantitative estimate of drug-likeness (QED) is 0.278. The molecule has 0 radical (unpaired) electrons. The van der Waals surface area contributed by atoms with E-state index in [1.54, 1.807) is 54.6 Å². The third-order valence-electron chi connectivity index (χ3n) is 5.98. The lowest BCUT2D eigenvalue weighted by atomic mass is 9.83. The second-order valence-corrected chi connectivity index (χ2v) is 8.33. The second-order valence-electron chi connectivity index (χ2n) is 8.33. The molecule has 7 nitrogen and oxygen atoms in total. The molecule has 0 saturated carbocycles. The highest BCUT2D eigenvalue weighted by molar-refractivity contribution is 6.30. The van der Waals surface area contributed by atoms with E-state index in [1.807, 2.05) is 6.07 Å². The van der Waals surface area contributed by atoms with Gasteiger partial charge in [-0.3, -0.25) is 19.2 Å². The number of carbonyl (C=O) groups excluding carboxylic acids is 5. The summed E-state index contributed by atoms with van der Waals surface area (Å²) < 4.78 is 5.11. The Morgan fingerprint density at radius 2 is 1.16 bits per heavy atom. The zero-order valence-corrected chi connectivity index (χ0v) is 19.4. The molecule has 0 atom stereocenters. The normalized spacial score (nSPS) is 11.8. The zero-order chi connectivity index (χ0) is 25.9. The fourth-order valence-corrected chi connectivity index (χ4v) is 4.16. The van der Waals surface area contributed by atoms with E-state index >= 15 is 0 Å².